The molecule has 0 bridgehead atoms. The second-order valence-electron chi connectivity index (χ2n) is 7.39. The Kier molecular flexibility index (Phi) is 5.12. The number of hydrogen-bond acceptors (Lipinski definition) is 5. The van der Waals surface area contributed by atoms with Gasteiger partial charge in [-0.15, -0.1) is 0 Å². The number of piperidine rings is 1. The van der Waals surface area contributed by atoms with Gasteiger partial charge in [-0.3, -0.25) is 4.72 Å². The molecule has 0 spiro atoms. The van der Waals surface area contributed by atoms with E-state index in [1.807, 2.05) is 0 Å². The Morgan fingerprint density at radius 3 is 2.62 bits per heavy atom. The molecule has 2 aliphatic rings. The second kappa shape index (κ2) is 7.46. The van der Waals surface area contributed by atoms with E-state index in [1.54, 1.807) is 19.2 Å². The van der Waals surface area contributed by atoms with Crippen LogP contribution < -0.4 is 19.5 Å². The van der Waals surface area contributed by atoms with Crippen LogP contribution in [0.1, 0.15) is 18.4 Å². The van der Waals surface area contributed by atoms with Gasteiger partial charge < -0.3 is 14.8 Å². The smallest absolute Gasteiger partial charge is 0.387 e. The van der Waals surface area contributed by atoms with Crippen LogP contribution in [0.2, 0.25) is 0 Å². The Balaban J connectivity index is 1.59. The molecule has 0 radical (unpaired) electrons. The fraction of sp³-hybridized carbons (Fsp3) is 0.400. The number of sulfonamides is 1. The summed E-state index contributed by atoms with van der Waals surface area (Å²) in [5, 5.41) is 3.40. The first-order valence-corrected chi connectivity index (χ1v) is 10.8. The lowest BCUT2D eigenvalue weighted by molar-refractivity contribution is -0.0498. The molecule has 0 amide bonds. The van der Waals surface area contributed by atoms with E-state index in [1.165, 1.54) is 30.3 Å². The summed E-state index contributed by atoms with van der Waals surface area (Å²) in [5.74, 6) is 1.17. The van der Waals surface area contributed by atoms with Gasteiger partial charge in [0, 0.05) is 23.2 Å². The van der Waals surface area contributed by atoms with Crippen molar-refractivity contribution in [3.05, 3.63) is 48.0 Å². The van der Waals surface area contributed by atoms with Gasteiger partial charge in [-0.05, 0) is 67.8 Å². The standard InChI is InChI=1S/C20H22F2N2O4S/c1-27-18-7-6-16(10-17(18)20-11-13(20)8-9-23-12-20)29(25,26)24-14-2-4-15(5-3-14)28-19(21)22/h2-7,10,13,19,23-24H,8-9,11-12H2,1H3. The topological polar surface area (TPSA) is 76.7 Å². The average molecular weight is 424 g/mol. The third-order valence-electron chi connectivity index (χ3n) is 5.69. The molecule has 156 valence electrons. The van der Waals surface area contributed by atoms with Crippen molar-refractivity contribution >= 4 is 15.7 Å². The molecule has 2 aromatic rings. The van der Waals surface area contributed by atoms with Crippen molar-refractivity contribution in [2.45, 2.75) is 29.8 Å². The lowest BCUT2D eigenvalue weighted by Crippen LogP contribution is -2.34. The van der Waals surface area contributed by atoms with E-state index >= 15 is 0 Å². The molecule has 1 aliphatic heterocycles. The minimum atomic E-state index is -3.86. The molecule has 6 nitrogen and oxygen atoms in total. The average Bonchev–Trinajstić information content (AvgIpc) is 3.44. The minimum absolute atomic E-state index is 0.0432. The molecule has 2 N–H and O–H groups in total. The van der Waals surface area contributed by atoms with Gasteiger partial charge in [-0.25, -0.2) is 8.42 Å². The number of benzene rings is 2. The van der Waals surface area contributed by atoms with Crippen molar-refractivity contribution in [3.63, 3.8) is 0 Å². The van der Waals surface area contributed by atoms with E-state index in [4.69, 9.17) is 4.74 Å². The Bertz CT molecular complexity index is 998. The quantitative estimate of drug-likeness (QED) is 0.713. The first kappa shape index (κ1) is 19.9. The number of anilines is 1. The minimum Gasteiger partial charge on any atom is -0.496 e. The number of halogens is 2. The van der Waals surface area contributed by atoms with Crippen molar-refractivity contribution in [2.24, 2.45) is 5.92 Å². The van der Waals surface area contributed by atoms with Gasteiger partial charge in [0.15, 0.2) is 0 Å². The fourth-order valence-corrected chi connectivity index (χ4v) is 5.23. The van der Waals surface area contributed by atoms with Gasteiger partial charge >= 0.3 is 6.61 Å². The van der Waals surface area contributed by atoms with Crippen LogP contribution in [0.4, 0.5) is 14.5 Å². The lowest BCUT2D eigenvalue weighted by Gasteiger charge is -2.25. The Labute approximate surface area is 168 Å². The number of ether oxygens (including phenoxy) is 2. The number of fused-ring (bicyclic) bond motifs is 1. The molecule has 1 saturated heterocycles. The molecule has 1 saturated carbocycles. The van der Waals surface area contributed by atoms with Gasteiger partial charge in [0.05, 0.1) is 12.0 Å². The summed E-state index contributed by atoms with van der Waals surface area (Å²) in [6.45, 7) is -1.16. The predicted molar refractivity (Wildman–Crippen MR) is 104 cm³/mol. The van der Waals surface area contributed by atoms with Crippen LogP contribution in [0.3, 0.4) is 0 Å². The van der Waals surface area contributed by atoms with E-state index < -0.39 is 16.6 Å². The Morgan fingerprint density at radius 2 is 1.97 bits per heavy atom. The third-order valence-corrected chi connectivity index (χ3v) is 7.07. The van der Waals surface area contributed by atoms with Crippen LogP contribution in [-0.4, -0.2) is 35.2 Å². The second-order valence-corrected chi connectivity index (χ2v) is 9.08. The number of rotatable bonds is 7. The highest BCUT2D eigenvalue weighted by Crippen LogP contribution is 2.59. The van der Waals surface area contributed by atoms with E-state index in [-0.39, 0.29) is 21.7 Å². The van der Waals surface area contributed by atoms with Crippen LogP contribution in [0.5, 0.6) is 11.5 Å². The van der Waals surface area contributed by atoms with Gasteiger partial charge in [-0.1, -0.05) is 0 Å². The van der Waals surface area contributed by atoms with Crippen molar-refractivity contribution in [1.82, 2.24) is 5.32 Å². The van der Waals surface area contributed by atoms with Crippen molar-refractivity contribution in [1.29, 1.82) is 0 Å². The van der Waals surface area contributed by atoms with Crippen molar-refractivity contribution in [2.75, 3.05) is 24.9 Å². The molecule has 4 rings (SSSR count). The third kappa shape index (κ3) is 3.89. The Morgan fingerprint density at radius 1 is 1.21 bits per heavy atom. The van der Waals surface area contributed by atoms with E-state index in [0.717, 1.165) is 31.5 Å². The zero-order valence-corrected chi connectivity index (χ0v) is 16.6. The lowest BCUT2D eigenvalue weighted by atomic mass is 9.89. The SMILES string of the molecule is COc1ccc(S(=O)(=O)Nc2ccc(OC(F)F)cc2)cc1C12CNCCC1C2. The molecule has 9 heteroatoms. The van der Waals surface area contributed by atoms with E-state index in [0.29, 0.717) is 11.7 Å². The predicted octanol–water partition coefficient (Wildman–Crippen LogP) is 3.35. The number of nitrogens with one attached hydrogen (secondary N) is 2. The summed E-state index contributed by atoms with van der Waals surface area (Å²) in [4.78, 5) is 0.131. The first-order valence-electron chi connectivity index (χ1n) is 9.31. The molecule has 0 aromatic heterocycles. The molecule has 2 unspecified atom stereocenters. The van der Waals surface area contributed by atoms with E-state index in [9.17, 15) is 17.2 Å². The highest BCUT2D eigenvalue weighted by molar-refractivity contribution is 7.92. The van der Waals surface area contributed by atoms with E-state index in [2.05, 4.69) is 14.8 Å². The zero-order valence-electron chi connectivity index (χ0n) is 15.8. The maximum atomic E-state index is 12.9. The molecule has 2 aromatic carbocycles. The van der Waals surface area contributed by atoms with Gasteiger partial charge in [0.25, 0.3) is 10.0 Å². The van der Waals surface area contributed by atoms with Crippen LogP contribution in [0, 0.1) is 5.92 Å². The molecule has 2 atom stereocenters. The molecule has 1 heterocycles. The van der Waals surface area contributed by atoms with Crippen LogP contribution in [0.25, 0.3) is 0 Å². The molecular weight excluding hydrogens is 402 g/mol. The summed E-state index contributed by atoms with van der Waals surface area (Å²) < 4.78 is 62.6. The highest BCUT2D eigenvalue weighted by atomic mass is 32.2. The molecular formula is C20H22F2N2O4S. The van der Waals surface area contributed by atoms with Crippen molar-refractivity contribution in [3.8, 4) is 11.5 Å². The van der Waals surface area contributed by atoms with Gasteiger partial charge in [0.1, 0.15) is 11.5 Å². The summed E-state index contributed by atoms with van der Waals surface area (Å²) in [6.07, 6.45) is 2.07. The van der Waals surface area contributed by atoms with Crippen LogP contribution in [-0.2, 0) is 15.4 Å². The maximum absolute atomic E-state index is 12.9. The normalized spacial score (nSPS) is 23.4. The van der Waals surface area contributed by atoms with Gasteiger partial charge in [-0.2, -0.15) is 8.78 Å². The summed E-state index contributed by atoms with van der Waals surface area (Å²) in [6, 6.07) is 10.2. The molecule has 29 heavy (non-hydrogen) atoms. The first-order chi connectivity index (χ1) is 13.8. The fourth-order valence-electron chi connectivity index (χ4n) is 4.15. The molecule has 2 fully saturated rings. The molecule has 1 aliphatic carbocycles. The van der Waals surface area contributed by atoms with Crippen LogP contribution in [0.15, 0.2) is 47.4 Å². The monoisotopic (exact) mass is 424 g/mol. The largest absolute Gasteiger partial charge is 0.496 e. The maximum Gasteiger partial charge on any atom is 0.387 e. The van der Waals surface area contributed by atoms with Gasteiger partial charge in [0.2, 0.25) is 0 Å². The summed E-state index contributed by atoms with van der Waals surface area (Å²) in [7, 11) is -2.28. The number of hydrogen-bond donors (Lipinski definition) is 2. The summed E-state index contributed by atoms with van der Waals surface area (Å²) in [5.41, 5.74) is 1.08. The number of alkyl halides is 2. The van der Waals surface area contributed by atoms with Crippen LogP contribution >= 0.6 is 0 Å². The summed E-state index contributed by atoms with van der Waals surface area (Å²) >= 11 is 0. The highest BCUT2D eigenvalue weighted by Gasteiger charge is 2.57. The number of methoxy groups -OCH3 is 1. The zero-order chi connectivity index (χ0) is 20.6. The Hall–Kier alpha value is -2.39. The van der Waals surface area contributed by atoms with Crippen molar-refractivity contribution < 1.29 is 26.7 Å².